The van der Waals surface area contributed by atoms with Gasteiger partial charge in [-0.15, -0.1) is 0 Å². The Labute approximate surface area is 158 Å². The second kappa shape index (κ2) is 10.8. The van der Waals surface area contributed by atoms with Gasteiger partial charge >= 0.3 is 0 Å². The molecule has 7 nitrogen and oxygen atoms in total. The van der Waals surface area contributed by atoms with Crippen LogP contribution in [0.1, 0.15) is 25.7 Å². The van der Waals surface area contributed by atoms with Gasteiger partial charge in [0.1, 0.15) is 0 Å². The number of likely N-dealkylation sites (N-methyl/N-ethyl adjacent to an activating group) is 1. The van der Waals surface area contributed by atoms with E-state index in [1.807, 2.05) is 19.0 Å². The van der Waals surface area contributed by atoms with Gasteiger partial charge in [-0.3, -0.25) is 9.59 Å². The Balaban J connectivity index is 1.68. The van der Waals surface area contributed by atoms with Gasteiger partial charge in [-0.05, 0) is 52.4 Å². The van der Waals surface area contributed by atoms with Crippen molar-refractivity contribution in [2.24, 2.45) is 11.8 Å². The quantitative estimate of drug-likeness (QED) is 0.633. The summed E-state index contributed by atoms with van der Waals surface area (Å²) in [5, 5.41) is 3.15. The molecule has 0 saturated carbocycles. The molecule has 0 aliphatic carbocycles. The van der Waals surface area contributed by atoms with Gasteiger partial charge in [0.2, 0.25) is 11.8 Å². The van der Waals surface area contributed by atoms with Crippen LogP contribution in [0.15, 0.2) is 0 Å². The molecular formula is C19H36N4O3. The molecule has 2 heterocycles. The minimum absolute atomic E-state index is 0.0587. The van der Waals surface area contributed by atoms with E-state index in [1.54, 1.807) is 7.11 Å². The zero-order valence-corrected chi connectivity index (χ0v) is 16.7. The summed E-state index contributed by atoms with van der Waals surface area (Å²) in [5.41, 5.74) is 0. The Bertz CT molecular complexity index is 450. The molecule has 0 aromatic heterocycles. The molecule has 1 atom stereocenters. The zero-order valence-electron chi connectivity index (χ0n) is 16.7. The van der Waals surface area contributed by atoms with E-state index in [1.165, 1.54) is 0 Å². The van der Waals surface area contributed by atoms with Gasteiger partial charge in [0, 0.05) is 46.3 Å². The van der Waals surface area contributed by atoms with Crippen LogP contribution in [-0.2, 0) is 14.3 Å². The molecule has 2 fully saturated rings. The van der Waals surface area contributed by atoms with E-state index in [0.717, 1.165) is 52.2 Å². The number of rotatable bonds is 9. The van der Waals surface area contributed by atoms with Gasteiger partial charge in [-0.2, -0.15) is 0 Å². The molecule has 7 heteroatoms. The van der Waals surface area contributed by atoms with Crippen LogP contribution in [0.5, 0.6) is 0 Å². The number of ether oxygens (including phenoxy) is 1. The highest BCUT2D eigenvalue weighted by Crippen LogP contribution is 2.19. The van der Waals surface area contributed by atoms with E-state index in [9.17, 15) is 9.59 Å². The van der Waals surface area contributed by atoms with Crippen molar-refractivity contribution in [1.82, 2.24) is 20.0 Å². The molecule has 0 bridgehead atoms. The van der Waals surface area contributed by atoms with Crippen LogP contribution in [0.3, 0.4) is 0 Å². The van der Waals surface area contributed by atoms with Crippen molar-refractivity contribution in [2.45, 2.75) is 25.7 Å². The van der Waals surface area contributed by atoms with Crippen molar-refractivity contribution in [1.29, 1.82) is 0 Å². The molecule has 1 N–H and O–H groups in total. The van der Waals surface area contributed by atoms with Gasteiger partial charge < -0.3 is 24.8 Å². The molecule has 1 unspecified atom stereocenters. The highest BCUT2D eigenvalue weighted by Gasteiger charge is 2.30. The van der Waals surface area contributed by atoms with Gasteiger partial charge in [0.15, 0.2) is 0 Å². The standard InChI is InChI=1S/C19H36N4O3/c1-21(2)10-11-23-15-17(4-5-18(23)24)19(25)20-14-16-6-8-22(9-7-16)12-13-26-3/h16-17H,4-15H2,1-3H3,(H,20,25). The molecule has 2 aliphatic heterocycles. The number of likely N-dealkylation sites (tertiary alicyclic amines) is 2. The number of nitrogens with zero attached hydrogens (tertiary/aromatic N) is 3. The number of hydrogen-bond donors (Lipinski definition) is 1. The van der Waals surface area contributed by atoms with Gasteiger partial charge in [-0.1, -0.05) is 0 Å². The summed E-state index contributed by atoms with van der Waals surface area (Å²) in [5.74, 6) is 0.804. The van der Waals surface area contributed by atoms with Gasteiger partial charge in [0.25, 0.3) is 0 Å². The number of amides is 2. The third-order valence-electron chi connectivity index (χ3n) is 5.57. The molecule has 2 amide bonds. The third-order valence-corrected chi connectivity index (χ3v) is 5.57. The number of methoxy groups -OCH3 is 1. The van der Waals surface area contributed by atoms with Crippen LogP contribution < -0.4 is 5.32 Å². The molecule has 26 heavy (non-hydrogen) atoms. The topological polar surface area (TPSA) is 65.1 Å². The Morgan fingerprint density at radius 1 is 1.23 bits per heavy atom. The first-order valence-electron chi connectivity index (χ1n) is 9.91. The Morgan fingerprint density at radius 2 is 1.96 bits per heavy atom. The maximum absolute atomic E-state index is 12.6. The highest BCUT2D eigenvalue weighted by molar-refractivity contribution is 5.83. The second-order valence-corrected chi connectivity index (χ2v) is 7.90. The lowest BCUT2D eigenvalue weighted by Gasteiger charge is -2.34. The molecule has 0 spiro atoms. The second-order valence-electron chi connectivity index (χ2n) is 7.90. The van der Waals surface area contributed by atoms with Crippen LogP contribution in [-0.4, -0.2) is 100 Å². The van der Waals surface area contributed by atoms with Crippen molar-refractivity contribution in [3.05, 3.63) is 0 Å². The number of carbonyl (C=O) groups excluding carboxylic acids is 2. The number of hydrogen-bond acceptors (Lipinski definition) is 5. The normalized spacial score (nSPS) is 22.8. The number of carbonyl (C=O) groups is 2. The fourth-order valence-electron chi connectivity index (χ4n) is 3.69. The summed E-state index contributed by atoms with van der Waals surface area (Å²) < 4.78 is 5.13. The predicted molar refractivity (Wildman–Crippen MR) is 102 cm³/mol. The zero-order chi connectivity index (χ0) is 18.9. The maximum Gasteiger partial charge on any atom is 0.224 e. The van der Waals surface area contributed by atoms with E-state index in [0.29, 0.717) is 31.8 Å². The summed E-state index contributed by atoms with van der Waals surface area (Å²) in [6.07, 6.45) is 3.42. The molecule has 2 aliphatic rings. The van der Waals surface area contributed by atoms with E-state index >= 15 is 0 Å². The van der Waals surface area contributed by atoms with Crippen molar-refractivity contribution >= 4 is 11.8 Å². The van der Waals surface area contributed by atoms with Gasteiger partial charge in [0.05, 0.1) is 12.5 Å². The Morgan fingerprint density at radius 3 is 2.62 bits per heavy atom. The average Bonchev–Trinajstić information content (AvgIpc) is 2.64. The molecule has 0 aromatic carbocycles. The summed E-state index contributed by atoms with van der Waals surface area (Å²) in [4.78, 5) is 30.9. The molecule has 2 saturated heterocycles. The lowest BCUT2D eigenvalue weighted by Crippen LogP contribution is -2.48. The smallest absolute Gasteiger partial charge is 0.224 e. The van der Waals surface area contributed by atoms with Crippen molar-refractivity contribution in [3.8, 4) is 0 Å². The lowest BCUT2D eigenvalue weighted by molar-refractivity contribution is -0.138. The van der Waals surface area contributed by atoms with E-state index in [-0.39, 0.29) is 17.7 Å². The van der Waals surface area contributed by atoms with E-state index < -0.39 is 0 Å². The largest absolute Gasteiger partial charge is 0.383 e. The first kappa shape index (κ1) is 21.1. The monoisotopic (exact) mass is 368 g/mol. The molecule has 0 aromatic rings. The first-order valence-corrected chi connectivity index (χ1v) is 9.91. The third kappa shape index (κ3) is 6.85. The van der Waals surface area contributed by atoms with E-state index in [2.05, 4.69) is 15.1 Å². The molecule has 2 rings (SSSR count). The van der Waals surface area contributed by atoms with Crippen LogP contribution in [0.25, 0.3) is 0 Å². The summed E-state index contributed by atoms with van der Waals surface area (Å²) in [7, 11) is 5.74. The fourth-order valence-corrected chi connectivity index (χ4v) is 3.69. The SMILES string of the molecule is COCCN1CCC(CNC(=O)C2CCC(=O)N(CCN(C)C)C2)CC1. The van der Waals surface area contributed by atoms with Crippen molar-refractivity contribution in [2.75, 3.05) is 73.6 Å². The van der Waals surface area contributed by atoms with E-state index in [4.69, 9.17) is 4.74 Å². The van der Waals surface area contributed by atoms with Crippen LogP contribution in [0, 0.1) is 11.8 Å². The maximum atomic E-state index is 12.6. The average molecular weight is 369 g/mol. The molecular weight excluding hydrogens is 332 g/mol. The van der Waals surface area contributed by atoms with Gasteiger partial charge in [-0.25, -0.2) is 0 Å². The summed E-state index contributed by atoms with van der Waals surface area (Å²) in [6.45, 7) is 6.81. The molecule has 150 valence electrons. The summed E-state index contributed by atoms with van der Waals surface area (Å²) >= 11 is 0. The predicted octanol–water partition coefficient (Wildman–Crippen LogP) is 0.261. The highest BCUT2D eigenvalue weighted by atomic mass is 16.5. The van der Waals surface area contributed by atoms with Crippen LogP contribution in [0.4, 0.5) is 0 Å². The Hall–Kier alpha value is -1.18. The van der Waals surface area contributed by atoms with Crippen LogP contribution >= 0.6 is 0 Å². The Kier molecular flexibility index (Phi) is 8.81. The van der Waals surface area contributed by atoms with Crippen molar-refractivity contribution < 1.29 is 14.3 Å². The first-order chi connectivity index (χ1) is 12.5. The van der Waals surface area contributed by atoms with Crippen molar-refractivity contribution in [3.63, 3.8) is 0 Å². The molecule has 0 radical (unpaired) electrons. The lowest BCUT2D eigenvalue weighted by atomic mass is 9.94. The minimum Gasteiger partial charge on any atom is -0.383 e. The number of piperidine rings is 2. The minimum atomic E-state index is -0.0587. The van der Waals surface area contributed by atoms with Crippen LogP contribution in [0.2, 0.25) is 0 Å². The number of nitrogens with one attached hydrogen (secondary N) is 1. The fraction of sp³-hybridized carbons (Fsp3) is 0.895. The summed E-state index contributed by atoms with van der Waals surface area (Å²) in [6, 6.07) is 0.